The number of unbranched alkanes of at least 4 members (excludes halogenated alkanes) is 24. The maximum Gasteiger partial charge on any atom is 0.306 e. The van der Waals surface area contributed by atoms with E-state index in [1.54, 1.807) is 0 Å². The predicted octanol–water partition coefficient (Wildman–Crippen LogP) is 15.8. The zero-order valence-electron chi connectivity index (χ0n) is 40.7. The number of nitrogens with one attached hydrogen (secondary N) is 1. The maximum atomic E-state index is 13.2. The number of amides is 1. The van der Waals surface area contributed by atoms with Gasteiger partial charge in [0.15, 0.2) is 0 Å². The third kappa shape index (κ3) is 43.9. The molecule has 0 heterocycles. The highest BCUT2D eigenvalue weighted by Crippen LogP contribution is 2.17. The van der Waals surface area contributed by atoms with Crippen LogP contribution in [0.15, 0.2) is 72.9 Å². The Kier molecular flexibility index (Phi) is 47.2. The minimum absolute atomic E-state index is 0.0560. The number of carbonyl (C=O) groups is 2. The second-order valence-corrected chi connectivity index (χ2v) is 17.6. The summed E-state index contributed by atoms with van der Waals surface area (Å²) >= 11 is 0. The normalized spacial score (nSPS) is 13.8. The van der Waals surface area contributed by atoms with Crippen LogP contribution in [0.1, 0.15) is 245 Å². The van der Waals surface area contributed by atoms with Gasteiger partial charge in [0.2, 0.25) is 5.91 Å². The smallest absolute Gasteiger partial charge is 0.306 e. The van der Waals surface area contributed by atoms with Crippen LogP contribution >= 0.6 is 0 Å². The van der Waals surface area contributed by atoms with Gasteiger partial charge in [0.1, 0.15) is 6.10 Å². The van der Waals surface area contributed by atoms with Gasteiger partial charge in [-0.2, -0.15) is 0 Å². The average molecular weight is 866 g/mol. The number of ether oxygens (including phenoxy) is 1. The summed E-state index contributed by atoms with van der Waals surface area (Å²) in [5, 5.41) is 23.7. The van der Waals surface area contributed by atoms with E-state index in [0.29, 0.717) is 19.3 Å². The number of hydrogen-bond donors (Lipinski definition) is 3. The van der Waals surface area contributed by atoms with Gasteiger partial charge in [-0.15, -0.1) is 0 Å². The van der Waals surface area contributed by atoms with Crippen molar-refractivity contribution in [3.8, 4) is 0 Å². The van der Waals surface area contributed by atoms with Gasteiger partial charge in [0, 0.05) is 6.42 Å². The van der Waals surface area contributed by atoms with Crippen LogP contribution in [0.25, 0.3) is 0 Å². The molecule has 0 aliphatic rings. The highest BCUT2D eigenvalue weighted by molar-refractivity contribution is 5.77. The van der Waals surface area contributed by atoms with Crippen molar-refractivity contribution < 1.29 is 24.5 Å². The number of esters is 1. The first-order valence-electron chi connectivity index (χ1n) is 26.2. The molecule has 62 heavy (non-hydrogen) atoms. The molecule has 0 rings (SSSR count). The molecule has 3 N–H and O–H groups in total. The fraction of sp³-hybridized carbons (Fsp3) is 0.750. The number of allylic oxidation sites excluding steroid dienone is 12. The number of aliphatic hydroxyl groups is 2. The molecule has 358 valence electrons. The Hall–Kier alpha value is -2.70. The van der Waals surface area contributed by atoms with Crippen LogP contribution in [-0.4, -0.2) is 46.9 Å². The van der Waals surface area contributed by atoms with E-state index in [9.17, 15) is 19.8 Å². The Morgan fingerprint density at radius 2 is 0.935 bits per heavy atom. The first-order chi connectivity index (χ1) is 30.5. The number of aliphatic hydroxyl groups excluding tert-OH is 2. The summed E-state index contributed by atoms with van der Waals surface area (Å²) in [7, 11) is 0. The van der Waals surface area contributed by atoms with Crippen molar-refractivity contribution in [1.82, 2.24) is 5.32 Å². The van der Waals surface area contributed by atoms with Crippen molar-refractivity contribution >= 4 is 11.9 Å². The third-order valence-corrected chi connectivity index (χ3v) is 11.6. The summed E-state index contributed by atoms with van der Waals surface area (Å²) in [5.74, 6) is -0.510. The molecule has 6 heteroatoms. The lowest BCUT2D eigenvalue weighted by molar-refractivity contribution is -0.151. The second-order valence-electron chi connectivity index (χ2n) is 17.6. The number of carbonyl (C=O) groups excluding carboxylic acids is 2. The van der Waals surface area contributed by atoms with E-state index in [1.165, 1.54) is 96.3 Å². The van der Waals surface area contributed by atoms with Gasteiger partial charge in [-0.3, -0.25) is 9.59 Å². The molecule has 0 aromatic heterocycles. The van der Waals surface area contributed by atoms with Crippen molar-refractivity contribution in [3.63, 3.8) is 0 Å². The molecule has 0 aliphatic heterocycles. The van der Waals surface area contributed by atoms with Gasteiger partial charge in [0.05, 0.1) is 25.2 Å². The number of rotatable bonds is 46. The van der Waals surface area contributed by atoms with Gasteiger partial charge in [-0.05, 0) is 83.5 Å². The van der Waals surface area contributed by atoms with E-state index in [-0.39, 0.29) is 24.9 Å². The summed E-state index contributed by atoms with van der Waals surface area (Å²) in [6, 6.07) is -0.713. The molecule has 0 radical (unpaired) electrons. The molecular weight excluding hydrogens is 767 g/mol. The van der Waals surface area contributed by atoms with E-state index in [4.69, 9.17) is 4.74 Å². The minimum Gasteiger partial charge on any atom is -0.462 e. The van der Waals surface area contributed by atoms with Crippen molar-refractivity contribution in [1.29, 1.82) is 0 Å². The predicted molar refractivity (Wildman–Crippen MR) is 268 cm³/mol. The van der Waals surface area contributed by atoms with Crippen LogP contribution < -0.4 is 5.32 Å². The molecule has 0 saturated heterocycles. The molecule has 6 nitrogen and oxygen atoms in total. The van der Waals surface area contributed by atoms with Crippen molar-refractivity contribution in [3.05, 3.63) is 72.9 Å². The topological polar surface area (TPSA) is 95.9 Å². The van der Waals surface area contributed by atoms with Crippen LogP contribution in [0.3, 0.4) is 0 Å². The summed E-state index contributed by atoms with van der Waals surface area (Å²) in [5.41, 5.74) is 0. The molecule has 3 atom stereocenters. The average Bonchev–Trinajstić information content (AvgIpc) is 3.26. The highest BCUT2D eigenvalue weighted by atomic mass is 16.5. The maximum absolute atomic E-state index is 13.2. The van der Waals surface area contributed by atoms with Gasteiger partial charge < -0.3 is 20.3 Å². The lowest BCUT2D eigenvalue weighted by Gasteiger charge is -2.24. The Morgan fingerprint density at radius 3 is 1.48 bits per heavy atom. The fourth-order valence-electron chi connectivity index (χ4n) is 7.61. The Morgan fingerprint density at radius 1 is 0.500 bits per heavy atom. The Balaban J connectivity index is 4.60. The Bertz CT molecular complexity index is 1150. The molecule has 0 fully saturated rings. The largest absolute Gasteiger partial charge is 0.462 e. The minimum atomic E-state index is -0.798. The van der Waals surface area contributed by atoms with Gasteiger partial charge >= 0.3 is 5.97 Å². The Labute approximate surface area is 383 Å². The van der Waals surface area contributed by atoms with Crippen LogP contribution in [0.5, 0.6) is 0 Å². The van der Waals surface area contributed by atoms with Crippen LogP contribution in [0, 0.1) is 0 Å². The molecule has 1 amide bonds. The molecule has 0 saturated carbocycles. The molecule has 0 aromatic carbocycles. The SMILES string of the molecule is CC/C=C/C=C/C=C/CCCCCCCC(CC(=O)NC(CO)C(O)CCCCCCCCCCCCC)OC(=O)CCCCCCCC/C=C\C/C=C\C/C=C\CCCCC. The first kappa shape index (κ1) is 59.3. The van der Waals surface area contributed by atoms with Gasteiger partial charge in [0.25, 0.3) is 0 Å². The third-order valence-electron chi connectivity index (χ3n) is 11.6. The molecule has 3 unspecified atom stereocenters. The highest BCUT2D eigenvalue weighted by Gasteiger charge is 2.24. The van der Waals surface area contributed by atoms with E-state index in [0.717, 1.165) is 103 Å². The van der Waals surface area contributed by atoms with Crippen LogP contribution in [-0.2, 0) is 14.3 Å². The molecule has 0 aromatic rings. The lowest BCUT2D eigenvalue weighted by Crippen LogP contribution is -2.46. The quantitative estimate of drug-likeness (QED) is 0.0245. The second kappa shape index (κ2) is 49.3. The van der Waals surface area contributed by atoms with Crippen molar-refractivity contribution in [2.75, 3.05) is 6.61 Å². The molecule has 0 spiro atoms. The summed E-state index contributed by atoms with van der Waals surface area (Å²) in [6.45, 7) is 6.31. The van der Waals surface area contributed by atoms with E-state index in [2.05, 4.69) is 99.0 Å². The van der Waals surface area contributed by atoms with Crippen LogP contribution in [0.4, 0.5) is 0 Å². The van der Waals surface area contributed by atoms with Gasteiger partial charge in [-0.1, -0.05) is 222 Å². The van der Waals surface area contributed by atoms with Gasteiger partial charge in [-0.25, -0.2) is 0 Å². The number of hydrogen-bond acceptors (Lipinski definition) is 5. The zero-order chi connectivity index (χ0) is 45.2. The molecule has 0 aliphatic carbocycles. The monoisotopic (exact) mass is 866 g/mol. The van der Waals surface area contributed by atoms with E-state index in [1.807, 2.05) is 0 Å². The summed E-state index contributed by atoms with van der Waals surface area (Å²) in [4.78, 5) is 26.2. The van der Waals surface area contributed by atoms with E-state index >= 15 is 0 Å². The van der Waals surface area contributed by atoms with Crippen molar-refractivity contribution in [2.45, 2.75) is 264 Å². The molecule has 0 bridgehead atoms. The lowest BCUT2D eigenvalue weighted by atomic mass is 10.0. The van der Waals surface area contributed by atoms with E-state index < -0.39 is 18.2 Å². The standard InChI is InChI=1S/C56H99NO5/c1-4-7-10-13-16-19-22-24-25-26-27-28-29-31-34-37-40-43-46-49-56(61)62-52(47-44-41-38-35-33-30-23-20-17-14-11-8-5-2)50-55(60)57-53(51-58)54(59)48-45-42-39-36-32-21-18-15-12-9-6-3/h8,11,14,16-17,19-20,23-25,27-28,52-54,58-59H,4-7,9-10,12-13,15,18,21-22,26,29-51H2,1-3H3,(H,57,60)/b11-8+,17-14+,19-16-,23-20+,25-24-,28-27-. The first-order valence-corrected chi connectivity index (χ1v) is 26.2. The molecular formula is C56H99NO5. The summed E-state index contributed by atoms with van der Waals surface area (Å²) in [6.07, 6.45) is 62.4. The van der Waals surface area contributed by atoms with Crippen LogP contribution in [0.2, 0.25) is 0 Å². The van der Waals surface area contributed by atoms with Crippen molar-refractivity contribution in [2.24, 2.45) is 0 Å². The fourth-order valence-corrected chi connectivity index (χ4v) is 7.61. The summed E-state index contributed by atoms with van der Waals surface area (Å²) < 4.78 is 5.92. The zero-order valence-corrected chi connectivity index (χ0v) is 40.7.